The summed E-state index contributed by atoms with van der Waals surface area (Å²) in [4.78, 5) is 0. The Hall–Kier alpha value is -0.160. The SMILES string of the molecule is CC(C)NC1(CO)CCCC1CCOC1CCOCC1. The van der Waals surface area contributed by atoms with Crippen molar-refractivity contribution < 1.29 is 14.6 Å². The Morgan fingerprint density at radius 3 is 2.70 bits per heavy atom. The first-order valence-corrected chi connectivity index (χ1v) is 8.24. The van der Waals surface area contributed by atoms with Gasteiger partial charge in [-0.3, -0.25) is 0 Å². The molecule has 1 aliphatic carbocycles. The maximum Gasteiger partial charge on any atom is 0.0619 e. The first kappa shape index (κ1) is 16.2. The number of hydrogen-bond acceptors (Lipinski definition) is 4. The predicted octanol–water partition coefficient (Wildman–Crippen LogP) is 2.10. The molecule has 2 fully saturated rings. The molecule has 0 aromatic rings. The molecule has 4 nitrogen and oxygen atoms in total. The van der Waals surface area contributed by atoms with Crippen LogP contribution in [0.4, 0.5) is 0 Å². The average Bonchev–Trinajstić information content (AvgIpc) is 2.83. The summed E-state index contributed by atoms with van der Waals surface area (Å²) in [6.07, 6.45) is 6.99. The zero-order valence-electron chi connectivity index (χ0n) is 13.1. The molecule has 1 saturated carbocycles. The van der Waals surface area contributed by atoms with Gasteiger partial charge >= 0.3 is 0 Å². The van der Waals surface area contributed by atoms with E-state index in [0.717, 1.165) is 45.5 Å². The third kappa shape index (κ3) is 4.17. The summed E-state index contributed by atoms with van der Waals surface area (Å²) in [5.41, 5.74) is -0.0762. The molecule has 0 aromatic carbocycles. The topological polar surface area (TPSA) is 50.7 Å². The van der Waals surface area contributed by atoms with Crippen molar-refractivity contribution in [2.75, 3.05) is 26.4 Å². The van der Waals surface area contributed by atoms with Crippen molar-refractivity contribution in [2.45, 2.75) is 70.1 Å². The van der Waals surface area contributed by atoms with E-state index >= 15 is 0 Å². The van der Waals surface area contributed by atoms with Crippen molar-refractivity contribution in [3.63, 3.8) is 0 Å². The molecular formula is C16H31NO3. The molecule has 0 radical (unpaired) electrons. The Bertz CT molecular complexity index is 279. The van der Waals surface area contributed by atoms with Crippen LogP contribution < -0.4 is 5.32 Å². The third-order valence-corrected chi connectivity index (χ3v) is 4.80. The fraction of sp³-hybridized carbons (Fsp3) is 1.00. The highest BCUT2D eigenvalue weighted by molar-refractivity contribution is 4.99. The third-order valence-electron chi connectivity index (χ3n) is 4.80. The summed E-state index contributed by atoms with van der Waals surface area (Å²) in [6.45, 7) is 7.05. The van der Waals surface area contributed by atoms with Gasteiger partial charge in [0.05, 0.1) is 12.7 Å². The highest BCUT2D eigenvalue weighted by Crippen LogP contribution is 2.38. The molecule has 1 heterocycles. The summed E-state index contributed by atoms with van der Waals surface area (Å²) in [5.74, 6) is 0.537. The van der Waals surface area contributed by atoms with Crippen LogP contribution in [0.25, 0.3) is 0 Å². The summed E-state index contributed by atoms with van der Waals surface area (Å²) in [5, 5.41) is 13.5. The van der Waals surface area contributed by atoms with Gasteiger partial charge in [0.15, 0.2) is 0 Å². The van der Waals surface area contributed by atoms with Gasteiger partial charge in [0.1, 0.15) is 0 Å². The lowest BCUT2D eigenvalue weighted by atomic mass is 9.85. The molecule has 2 rings (SSSR count). The summed E-state index contributed by atoms with van der Waals surface area (Å²) in [6, 6.07) is 0.416. The lowest BCUT2D eigenvalue weighted by Gasteiger charge is -2.37. The summed E-state index contributed by atoms with van der Waals surface area (Å²) < 4.78 is 11.3. The molecule has 4 heteroatoms. The minimum Gasteiger partial charge on any atom is -0.394 e. The zero-order chi connectivity index (χ0) is 14.4. The highest BCUT2D eigenvalue weighted by atomic mass is 16.5. The molecule has 0 amide bonds. The Morgan fingerprint density at radius 1 is 1.30 bits per heavy atom. The Balaban J connectivity index is 1.77. The van der Waals surface area contributed by atoms with Gasteiger partial charge in [0.2, 0.25) is 0 Å². The first-order valence-electron chi connectivity index (χ1n) is 8.24. The van der Waals surface area contributed by atoms with Gasteiger partial charge in [0.25, 0.3) is 0 Å². The number of rotatable bonds is 7. The highest BCUT2D eigenvalue weighted by Gasteiger charge is 2.42. The van der Waals surface area contributed by atoms with Crippen LogP contribution in [0.1, 0.15) is 52.4 Å². The van der Waals surface area contributed by atoms with Crippen molar-refractivity contribution in [1.82, 2.24) is 5.32 Å². The van der Waals surface area contributed by atoms with Gasteiger partial charge in [-0.15, -0.1) is 0 Å². The molecule has 1 aliphatic heterocycles. The van der Waals surface area contributed by atoms with E-state index in [9.17, 15) is 5.11 Å². The van der Waals surface area contributed by atoms with Crippen LogP contribution in [0.3, 0.4) is 0 Å². The lowest BCUT2D eigenvalue weighted by molar-refractivity contribution is -0.0385. The van der Waals surface area contributed by atoms with E-state index in [0.29, 0.717) is 18.1 Å². The second-order valence-electron chi connectivity index (χ2n) is 6.67. The van der Waals surface area contributed by atoms with E-state index in [4.69, 9.17) is 9.47 Å². The smallest absolute Gasteiger partial charge is 0.0619 e. The summed E-state index contributed by atoms with van der Waals surface area (Å²) >= 11 is 0. The maximum atomic E-state index is 9.86. The number of aliphatic hydroxyl groups excluding tert-OH is 1. The van der Waals surface area contributed by atoms with Crippen molar-refractivity contribution in [1.29, 1.82) is 0 Å². The van der Waals surface area contributed by atoms with Crippen LogP contribution in [0.15, 0.2) is 0 Å². The second-order valence-corrected chi connectivity index (χ2v) is 6.67. The van der Waals surface area contributed by atoms with E-state index in [1.807, 2.05) is 0 Å². The van der Waals surface area contributed by atoms with E-state index in [1.165, 1.54) is 12.8 Å². The van der Waals surface area contributed by atoms with Crippen LogP contribution in [0, 0.1) is 5.92 Å². The summed E-state index contributed by atoms with van der Waals surface area (Å²) in [7, 11) is 0. The molecule has 118 valence electrons. The van der Waals surface area contributed by atoms with Crippen molar-refractivity contribution >= 4 is 0 Å². The molecule has 0 bridgehead atoms. The van der Waals surface area contributed by atoms with Gasteiger partial charge in [-0.05, 0) is 38.0 Å². The molecular weight excluding hydrogens is 254 g/mol. The molecule has 1 saturated heterocycles. The Morgan fingerprint density at radius 2 is 2.05 bits per heavy atom. The zero-order valence-corrected chi connectivity index (χ0v) is 13.1. The van der Waals surface area contributed by atoms with Crippen LogP contribution in [0.5, 0.6) is 0 Å². The molecule has 20 heavy (non-hydrogen) atoms. The van der Waals surface area contributed by atoms with E-state index < -0.39 is 0 Å². The molecule has 2 aliphatic rings. The minimum absolute atomic E-state index is 0.0762. The van der Waals surface area contributed by atoms with E-state index in [1.54, 1.807) is 0 Å². The van der Waals surface area contributed by atoms with Crippen LogP contribution in [-0.2, 0) is 9.47 Å². The minimum atomic E-state index is -0.0762. The van der Waals surface area contributed by atoms with E-state index in [-0.39, 0.29) is 12.1 Å². The monoisotopic (exact) mass is 285 g/mol. The fourth-order valence-electron chi connectivity index (χ4n) is 3.80. The van der Waals surface area contributed by atoms with Gasteiger partial charge < -0.3 is 19.9 Å². The van der Waals surface area contributed by atoms with Crippen molar-refractivity contribution in [3.05, 3.63) is 0 Å². The van der Waals surface area contributed by atoms with Crippen LogP contribution in [0.2, 0.25) is 0 Å². The van der Waals surface area contributed by atoms with Gasteiger partial charge in [-0.25, -0.2) is 0 Å². The molecule has 0 aromatic heterocycles. The van der Waals surface area contributed by atoms with Gasteiger partial charge in [-0.2, -0.15) is 0 Å². The molecule has 2 unspecified atom stereocenters. The Labute approximate surface area is 123 Å². The van der Waals surface area contributed by atoms with Gasteiger partial charge in [0, 0.05) is 31.4 Å². The number of hydrogen-bond donors (Lipinski definition) is 2. The van der Waals surface area contributed by atoms with E-state index in [2.05, 4.69) is 19.2 Å². The number of aliphatic hydroxyl groups is 1. The Kier molecular flexibility index (Phi) is 6.27. The van der Waals surface area contributed by atoms with Crippen LogP contribution >= 0.6 is 0 Å². The molecule has 2 atom stereocenters. The number of nitrogens with one attached hydrogen (secondary N) is 1. The van der Waals surface area contributed by atoms with Crippen molar-refractivity contribution in [3.8, 4) is 0 Å². The lowest BCUT2D eigenvalue weighted by Crippen LogP contribution is -2.54. The maximum absolute atomic E-state index is 9.86. The van der Waals surface area contributed by atoms with Crippen molar-refractivity contribution in [2.24, 2.45) is 5.92 Å². The normalized spacial score (nSPS) is 32.1. The van der Waals surface area contributed by atoms with Crippen LogP contribution in [-0.4, -0.2) is 49.2 Å². The average molecular weight is 285 g/mol. The fourth-order valence-corrected chi connectivity index (χ4v) is 3.80. The number of ether oxygens (including phenoxy) is 2. The standard InChI is InChI=1S/C16H31NO3/c1-13(2)17-16(12-18)8-3-4-14(16)5-11-20-15-6-9-19-10-7-15/h13-15,17-18H,3-12H2,1-2H3. The van der Waals surface area contributed by atoms with Gasteiger partial charge in [-0.1, -0.05) is 20.3 Å². The molecule has 2 N–H and O–H groups in total. The molecule has 0 spiro atoms. The largest absolute Gasteiger partial charge is 0.394 e. The second kappa shape index (κ2) is 7.74. The first-order chi connectivity index (χ1) is 9.66. The predicted molar refractivity (Wildman–Crippen MR) is 79.8 cm³/mol. The quantitative estimate of drug-likeness (QED) is 0.752.